The minimum absolute atomic E-state index is 0.0533. The summed E-state index contributed by atoms with van der Waals surface area (Å²) in [6.45, 7) is 0.125. The first-order chi connectivity index (χ1) is 23.5. The smallest absolute Gasteiger partial charge is 0.339 e. The zero-order valence-corrected chi connectivity index (χ0v) is 26.4. The average molecular weight is 646 g/mol. The van der Waals surface area contributed by atoms with Crippen molar-refractivity contribution < 1.29 is 42.7 Å². The van der Waals surface area contributed by atoms with Crippen molar-refractivity contribution in [1.82, 2.24) is 4.98 Å². The zero-order chi connectivity index (χ0) is 32.9. The van der Waals surface area contributed by atoms with Gasteiger partial charge in [-0.2, -0.15) is 0 Å². The predicted molar refractivity (Wildman–Crippen MR) is 174 cm³/mol. The van der Waals surface area contributed by atoms with E-state index in [0.29, 0.717) is 56.5 Å². The topological polar surface area (TPSA) is 112 Å². The number of benzene rings is 4. The molecule has 5 aromatic rings. The maximum atomic E-state index is 14.3. The quantitative estimate of drug-likeness (QED) is 0.182. The molecule has 1 unspecified atom stereocenters. The molecule has 0 radical (unpaired) electrons. The minimum Gasteiger partial charge on any atom is -0.493 e. The molecule has 3 heterocycles. The van der Waals surface area contributed by atoms with E-state index >= 15 is 0 Å². The molecule has 3 aliphatic rings. The summed E-state index contributed by atoms with van der Waals surface area (Å²) in [5.41, 5.74) is 4.75. The van der Waals surface area contributed by atoms with Crippen LogP contribution in [-0.2, 0) is 14.3 Å². The highest BCUT2D eigenvalue weighted by atomic mass is 16.7. The standard InChI is InChI=1S/C38H31NO9/c1-42-31-13-21(14-32(43-2)36(31)44-3)33-23-16-29-30(47-19-46-29)17-24(23)35(26-18-45-38(41)34(26)33)48-37(40)25-15-28(20-9-5-4-6-10-20)39-27-12-8-7-11-22(25)27/h4-17,26,33-35H,18-19H2,1-3H3/t26?,33-,34+,35+/m1/s1. The van der Waals surface area contributed by atoms with Crippen LogP contribution >= 0.6 is 0 Å². The van der Waals surface area contributed by atoms with E-state index in [0.717, 1.165) is 16.7 Å². The average Bonchev–Trinajstić information content (AvgIpc) is 3.76. The molecule has 1 fully saturated rings. The van der Waals surface area contributed by atoms with Crippen molar-refractivity contribution in [2.24, 2.45) is 11.8 Å². The van der Waals surface area contributed by atoms with Crippen LogP contribution in [0, 0.1) is 11.8 Å². The van der Waals surface area contributed by atoms with Gasteiger partial charge in [-0.1, -0.05) is 48.5 Å². The molecule has 1 saturated heterocycles. The number of cyclic esters (lactones) is 1. The van der Waals surface area contributed by atoms with Gasteiger partial charge in [0.25, 0.3) is 0 Å². The number of fused-ring (bicyclic) bond motifs is 4. The highest BCUT2D eigenvalue weighted by Crippen LogP contribution is 2.56. The molecule has 0 spiro atoms. The molecule has 0 amide bonds. The lowest BCUT2D eigenvalue weighted by Crippen LogP contribution is -2.36. The number of methoxy groups -OCH3 is 3. The Morgan fingerprint density at radius 3 is 2.19 bits per heavy atom. The van der Waals surface area contributed by atoms with Crippen molar-refractivity contribution in [3.63, 3.8) is 0 Å². The first kappa shape index (κ1) is 29.6. The van der Waals surface area contributed by atoms with Crippen molar-refractivity contribution in [3.8, 4) is 40.0 Å². The van der Waals surface area contributed by atoms with Gasteiger partial charge in [-0.05, 0) is 47.5 Å². The van der Waals surface area contributed by atoms with Crippen LogP contribution in [0.3, 0.4) is 0 Å². The molecule has 1 aromatic heterocycles. The Labute approximate surface area is 276 Å². The number of aromatic nitrogens is 1. The molecule has 242 valence electrons. The maximum Gasteiger partial charge on any atom is 0.339 e. The van der Waals surface area contributed by atoms with Crippen LogP contribution in [0.2, 0.25) is 0 Å². The summed E-state index contributed by atoms with van der Waals surface area (Å²) in [6.07, 6.45) is -0.830. The molecule has 10 heteroatoms. The van der Waals surface area contributed by atoms with E-state index in [1.165, 1.54) is 7.11 Å². The molecule has 48 heavy (non-hydrogen) atoms. The number of hydrogen-bond acceptors (Lipinski definition) is 10. The van der Waals surface area contributed by atoms with E-state index in [1.54, 1.807) is 20.3 Å². The third-order valence-electron chi connectivity index (χ3n) is 9.41. The number of esters is 2. The number of pyridine rings is 1. The molecule has 8 rings (SSSR count). The molecule has 1 aliphatic carbocycles. The van der Waals surface area contributed by atoms with E-state index in [-0.39, 0.29) is 19.4 Å². The number of carbonyl (C=O) groups is 2. The molecule has 10 nitrogen and oxygen atoms in total. The van der Waals surface area contributed by atoms with Crippen LogP contribution in [0.4, 0.5) is 0 Å². The second-order valence-corrected chi connectivity index (χ2v) is 11.9. The zero-order valence-electron chi connectivity index (χ0n) is 26.4. The fraction of sp³-hybridized carbons (Fsp3) is 0.237. The van der Waals surface area contributed by atoms with Crippen LogP contribution in [0.25, 0.3) is 22.2 Å². The van der Waals surface area contributed by atoms with E-state index in [2.05, 4.69) is 0 Å². The minimum atomic E-state index is -0.830. The summed E-state index contributed by atoms with van der Waals surface area (Å²) < 4.78 is 40.7. The van der Waals surface area contributed by atoms with Crippen LogP contribution in [0.5, 0.6) is 28.7 Å². The van der Waals surface area contributed by atoms with Crippen molar-refractivity contribution in [3.05, 3.63) is 107 Å². The second kappa shape index (κ2) is 11.8. The SMILES string of the molecule is COc1cc([C@@H]2c3cc4c(cc3[C@H](OC(=O)c3cc(-c5ccccc5)nc5ccccc35)C3COC(=O)[C@@H]32)OCO4)cc(OC)c1OC. The predicted octanol–water partition coefficient (Wildman–Crippen LogP) is 6.49. The second-order valence-electron chi connectivity index (χ2n) is 11.9. The van der Waals surface area contributed by atoms with Crippen LogP contribution in [0.1, 0.15) is 39.1 Å². The van der Waals surface area contributed by atoms with Crippen LogP contribution in [-0.4, -0.2) is 51.7 Å². The molecule has 2 aliphatic heterocycles. The number of nitrogens with zero attached hydrogens (tertiary/aromatic N) is 1. The molecule has 0 saturated carbocycles. The summed E-state index contributed by atoms with van der Waals surface area (Å²) in [5.74, 6) is -0.225. The van der Waals surface area contributed by atoms with Crippen LogP contribution < -0.4 is 23.7 Å². The van der Waals surface area contributed by atoms with Gasteiger partial charge in [-0.25, -0.2) is 9.78 Å². The van der Waals surface area contributed by atoms with E-state index < -0.39 is 29.8 Å². The van der Waals surface area contributed by atoms with Gasteiger partial charge in [-0.3, -0.25) is 4.79 Å². The van der Waals surface area contributed by atoms with E-state index in [9.17, 15) is 9.59 Å². The first-order valence-corrected chi connectivity index (χ1v) is 15.5. The number of para-hydroxylation sites is 1. The fourth-order valence-corrected chi connectivity index (χ4v) is 7.22. The normalized spacial score (nSPS) is 20.4. The summed E-state index contributed by atoms with van der Waals surface area (Å²) in [7, 11) is 4.62. The van der Waals surface area contributed by atoms with Gasteiger partial charge in [0.05, 0.1) is 50.6 Å². The van der Waals surface area contributed by atoms with Gasteiger partial charge in [0, 0.05) is 28.3 Å². The fourth-order valence-electron chi connectivity index (χ4n) is 7.22. The molecular formula is C38H31NO9. The van der Waals surface area contributed by atoms with Gasteiger partial charge < -0.3 is 33.2 Å². The monoisotopic (exact) mass is 645 g/mol. The Morgan fingerprint density at radius 1 is 0.792 bits per heavy atom. The number of hydrogen-bond donors (Lipinski definition) is 0. The highest BCUT2D eigenvalue weighted by molar-refractivity contribution is 6.04. The van der Waals surface area contributed by atoms with Crippen molar-refractivity contribution >= 4 is 22.8 Å². The van der Waals surface area contributed by atoms with Gasteiger partial charge in [0.1, 0.15) is 6.10 Å². The Hall–Kier alpha value is -5.77. The van der Waals surface area contributed by atoms with Gasteiger partial charge in [0.2, 0.25) is 12.5 Å². The molecule has 4 aromatic carbocycles. The third kappa shape index (κ3) is 4.74. The number of ether oxygens (including phenoxy) is 7. The first-order valence-electron chi connectivity index (χ1n) is 15.5. The Bertz CT molecular complexity index is 2050. The summed E-state index contributed by atoms with van der Waals surface area (Å²) in [5, 5.41) is 0.662. The van der Waals surface area contributed by atoms with Crippen molar-refractivity contribution in [2.45, 2.75) is 12.0 Å². The van der Waals surface area contributed by atoms with E-state index in [1.807, 2.05) is 78.9 Å². The summed E-state index contributed by atoms with van der Waals surface area (Å²) in [4.78, 5) is 32.8. The van der Waals surface area contributed by atoms with Crippen molar-refractivity contribution in [1.29, 1.82) is 0 Å². The van der Waals surface area contributed by atoms with Gasteiger partial charge >= 0.3 is 11.9 Å². The molecule has 0 bridgehead atoms. The summed E-state index contributed by atoms with van der Waals surface area (Å²) >= 11 is 0. The van der Waals surface area contributed by atoms with Crippen molar-refractivity contribution in [2.75, 3.05) is 34.7 Å². The Balaban J connectivity index is 1.27. The number of rotatable bonds is 7. The molecular weight excluding hydrogens is 614 g/mol. The van der Waals surface area contributed by atoms with E-state index in [4.69, 9.17) is 38.1 Å². The molecule has 4 atom stereocenters. The van der Waals surface area contributed by atoms with Gasteiger partial charge in [0.15, 0.2) is 23.0 Å². The lowest BCUT2D eigenvalue weighted by atomic mass is 9.66. The third-order valence-corrected chi connectivity index (χ3v) is 9.41. The lowest BCUT2D eigenvalue weighted by Gasteiger charge is -2.38. The summed E-state index contributed by atoms with van der Waals surface area (Å²) in [6, 6.07) is 26.3. The highest BCUT2D eigenvalue weighted by Gasteiger charge is 2.54. The van der Waals surface area contributed by atoms with Crippen LogP contribution in [0.15, 0.2) is 84.9 Å². The lowest BCUT2D eigenvalue weighted by molar-refractivity contribution is -0.141. The Kier molecular flexibility index (Phi) is 7.28. The van der Waals surface area contributed by atoms with Gasteiger partial charge in [-0.15, -0.1) is 0 Å². The molecule has 0 N–H and O–H groups in total. The maximum absolute atomic E-state index is 14.3. The number of carbonyl (C=O) groups excluding carboxylic acids is 2. The Morgan fingerprint density at radius 2 is 1.48 bits per heavy atom. The largest absolute Gasteiger partial charge is 0.493 e.